The van der Waals surface area contributed by atoms with E-state index in [1.807, 2.05) is 18.4 Å². The Kier molecular flexibility index (Phi) is 2.52. The summed E-state index contributed by atoms with van der Waals surface area (Å²) in [6.45, 7) is 2.71. The van der Waals surface area contributed by atoms with Crippen molar-refractivity contribution in [3.63, 3.8) is 0 Å². The van der Waals surface area contributed by atoms with Gasteiger partial charge >= 0.3 is 0 Å². The fraction of sp³-hybridized carbons (Fsp3) is 0.333. The normalized spacial score (nSPS) is 10.9. The van der Waals surface area contributed by atoms with E-state index in [2.05, 4.69) is 4.98 Å². The third kappa shape index (κ3) is 1.42. The minimum Gasteiger partial charge on any atom is -0.323 e. The van der Waals surface area contributed by atoms with E-state index in [0.29, 0.717) is 11.3 Å². The van der Waals surface area contributed by atoms with E-state index in [4.69, 9.17) is 12.2 Å². The molecule has 0 radical (unpaired) electrons. The van der Waals surface area contributed by atoms with Crippen LogP contribution in [0.1, 0.15) is 13.3 Å². The predicted molar refractivity (Wildman–Crippen MR) is 61.6 cm³/mol. The van der Waals surface area contributed by atoms with Crippen molar-refractivity contribution < 1.29 is 0 Å². The summed E-state index contributed by atoms with van der Waals surface area (Å²) < 4.78 is 2.14. The zero-order chi connectivity index (χ0) is 10.1. The fourth-order valence-corrected chi connectivity index (χ4v) is 2.52. The number of fused-ring (bicyclic) bond motifs is 1. The SMILES string of the molecule is CCCn1c(=S)[nH]c2sccc2c1=O. The Morgan fingerprint density at radius 3 is 3.14 bits per heavy atom. The molecule has 3 nitrogen and oxygen atoms in total. The molecule has 0 bridgehead atoms. The highest BCUT2D eigenvalue weighted by Gasteiger charge is 2.04. The summed E-state index contributed by atoms with van der Waals surface area (Å²) in [4.78, 5) is 15.8. The first-order valence-electron chi connectivity index (χ1n) is 4.44. The second kappa shape index (κ2) is 3.67. The summed E-state index contributed by atoms with van der Waals surface area (Å²) in [5.41, 5.74) is 0.0202. The zero-order valence-electron chi connectivity index (χ0n) is 7.74. The third-order valence-corrected chi connectivity index (χ3v) is 3.21. The standard InChI is InChI=1S/C9H10N2OS2/c1-2-4-11-8(12)6-3-5-14-7(6)10-9(11)13/h3,5H,2,4H2,1H3,(H,10,13). The third-order valence-electron chi connectivity index (χ3n) is 2.05. The molecule has 0 spiro atoms. The highest BCUT2D eigenvalue weighted by Crippen LogP contribution is 2.13. The molecule has 0 saturated carbocycles. The molecule has 2 heterocycles. The summed E-state index contributed by atoms with van der Waals surface area (Å²) in [6.07, 6.45) is 0.910. The van der Waals surface area contributed by atoms with Crippen molar-refractivity contribution in [2.24, 2.45) is 0 Å². The largest absolute Gasteiger partial charge is 0.323 e. The van der Waals surface area contributed by atoms with Crippen LogP contribution >= 0.6 is 23.6 Å². The number of nitrogens with one attached hydrogen (secondary N) is 1. The first-order chi connectivity index (χ1) is 6.74. The van der Waals surface area contributed by atoms with Crippen LogP contribution < -0.4 is 5.56 Å². The van der Waals surface area contributed by atoms with Crippen LogP contribution in [-0.4, -0.2) is 9.55 Å². The van der Waals surface area contributed by atoms with E-state index in [9.17, 15) is 4.79 Å². The first-order valence-corrected chi connectivity index (χ1v) is 5.73. The van der Waals surface area contributed by atoms with Crippen LogP contribution in [-0.2, 0) is 6.54 Å². The van der Waals surface area contributed by atoms with Crippen LogP contribution in [0.15, 0.2) is 16.2 Å². The smallest absolute Gasteiger partial charge is 0.263 e. The van der Waals surface area contributed by atoms with Gasteiger partial charge in [0.05, 0.1) is 5.39 Å². The lowest BCUT2D eigenvalue weighted by molar-refractivity contribution is 0.639. The Morgan fingerprint density at radius 1 is 1.64 bits per heavy atom. The lowest BCUT2D eigenvalue weighted by Gasteiger charge is -2.03. The Morgan fingerprint density at radius 2 is 2.43 bits per heavy atom. The Balaban J connectivity index is 2.83. The van der Waals surface area contributed by atoms with Gasteiger partial charge in [-0.05, 0) is 30.1 Å². The maximum Gasteiger partial charge on any atom is 0.263 e. The number of aromatic amines is 1. The van der Waals surface area contributed by atoms with Crippen LogP contribution in [0.4, 0.5) is 0 Å². The predicted octanol–water partition coefficient (Wildman–Crippen LogP) is 2.53. The van der Waals surface area contributed by atoms with Crippen molar-refractivity contribution in [3.05, 3.63) is 26.6 Å². The summed E-state index contributed by atoms with van der Waals surface area (Å²) in [5.74, 6) is 0. The number of thiophene rings is 1. The monoisotopic (exact) mass is 226 g/mol. The molecule has 0 aliphatic carbocycles. The average Bonchev–Trinajstić information content (AvgIpc) is 2.60. The van der Waals surface area contributed by atoms with Gasteiger partial charge < -0.3 is 4.98 Å². The number of hydrogen-bond acceptors (Lipinski definition) is 3. The first kappa shape index (κ1) is 9.61. The van der Waals surface area contributed by atoms with Gasteiger partial charge in [-0.1, -0.05) is 6.92 Å². The molecule has 14 heavy (non-hydrogen) atoms. The van der Waals surface area contributed by atoms with Crippen molar-refractivity contribution in [1.29, 1.82) is 0 Å². The minimum atomic E-state index is 0.0202. The molecule has 0 saturated heterocycles. The van der Waals surface area contributed by atoms with E-state index in [-0.39, 0.29) is 5.56 Å². The molecule has 0 fully saturated rings. The molecular formula is C9H10N2OS2. The molecule has 0 unspecified atom stereocenters. The van der Waals surface area contributed by atoms with Crippen LogP contribution in [0.2, 0.25) is 0 Å². The summed E-state index contributed by atoms with van der Waals surface area (Å²) >= 11 is 6.62. The fourth-order valence-electron chi connectivity index (χ4n) is 1.40. The van der Waals surface area contributed by atoms with Gasteiger partial charge in [-0.2, -0.15) is 0 Å². The van der Waals surface area contributed by atoms with Crippen molar-refractivity contribution in [3.8, 4) is 0 Å². The lowest BCUT2D eigenvalue weighted by Crippen LogP contribution is -2.21. The van der Waals surface area contributed by atoms with Gasteiger partial charge in [0.2, 0.25) is 0 Å². The van der Waals surface area contributed by atoms with Gasteiger partial charge in [0, 0.05) is 6.54 Å². The van der Waals surface area contributed by atoms with E-state index in [1.54, 1.807) is 4.57 Å². The van der Waals surface area contributed by atoms with Gasteiger partial charge in [0.15, 0.2) is 4.77 Å². The van der Waals surface area contributed by atoms with Crippen LogP contribution in [0, 0.1) is 4.77 Å². The number of hydrogen-bond donors (Lipinski definition) is 1. The molecule has 0 amide bonds. The van der Waals surface area contributed by atoms with Crippen LogP contribution in [0.3, 0.4) is 0 Å². The minimum absolute atomic E-state index is 0.0202. The second-order valence-electron chi connectivity index (χ2n) is 3.05. The van der Waals surface area contributed by atoms with Crippen molar-refractivity contribution >= 4 is 33.8 Å². The number of nitrogens with zero attached hydrogens (tertiary/aromatic N) is 1. The molecule has 5 heteroatoms. The van der Waals surface area contributed by atoms with Gasteiger partial charge in [-0.25, -0.2) is 0 Å². The van der Waals surface area contributed by atoms with E-state index < -0.39 is 0 Å². The highest BCUT2D eigenvalue weighted by molar-refractivity contribution is 7.71. The summed E-state index contributed by atoms with van der Waals surface area (Å²) in [7, 11) is 0. The number of H-pyrrole nitrogens is 1. The Labute approximate surface area is 90.0 Å². The number of aromatic nitrogens is 2. The zero-order valence-corrected chi connectivity index (χ0v) is 9.37. The average molecular weight is 226 g/mol. The Hall–Kier alpha value is -0.940. The molecule has 0 atom stereocenters. The molecule has 0 aromatic carbocycles. The quantitative estimate of drug-likeness (QED) is 0.799. The van der Waals surface area contributed by atoms with Crippen molar-refractivity contribution in [2.75, 3.05) is 0 Å². The molecule has 1 N–H and O–H groups in total. The topological polar surface area (TPSA) is 37.8 Å². The maximum absolute atomic E-state index is 11.9. The van der Waals surface area contributed by atoms with Gasteiger partial charge in [-0.15, -0.1) is 11.3 Å². The molecule has 2 rings (SSSR count). The van der Waals surface area contributed by atoms with Crippen molar-refractivity contribution in [1.82, 2.24) is 9.55 Å². The lowest BCUT2D eigenvalue weighted by atomic mass is 10.4. The van der Waals surface area contributed by atoms with E-state index in [0.717, 1.165) is 16.6 Å². The van der Waals surface area contributed by atoms with E-state index >= 15 is 0 Å². The second-order valence-corrected chi connectivity index (χ2v) is 4.35. The molecule has 2 aromatic heterocycles. The summed E-state index contributed by atoms with van der Waals surface area (Å²) in [6, 6.07) is 1.83. The summed E-state index contributed by atoms with van der Waals surface area (Å²) in [5, 5.41) is 2.63. The molecule has 2 aromatic rings. The van der Waals surface area contributed by atoms with E-state index in [1.165, 1.54) is 11.3 Å². The van der Waals surface area contributed by atoms with Gasteiger partial charge in [0.25, 0.3) is 5.56 Å². The molecule has 74 valence electrons. The van der Waals surface area contributed by atoms with Gasteiger partial charge in [-0.3, -0.25) is 9.36 Å². The molecular weight excluding hydrogens is 216 g/mol. The maximum atomic E-state index is 11.9. The molecule has 0 aliphatic heterocycles. The Bertz CT molecular complexity index is 564. The number of rotatable bonds is 2. The highest BCUT2D eigenvalue weighted by atomic mass is 32.1. The molecule has 0 aliphatic rings. The van der Waals surface area contributed by atoms with Gasteiger partial charge in [0.1, 0.15) is 4.83 Å². The van der Waals surface area contributed by atoms with Crippen molar-refractivity contribution in [2.45, 2.75) is 19.9 Å². The van der Waals surface area contributed by atoms with Crippen LogP contribution in [0.5, 0.6) is 0 Å². The van der Waals surface area contributed by atoms with Crippen LogP contribution in [0.25, 0.3) is 10.2 Å².